The Morgan fingerprint density at radius 1 is 1.05 bits per heavy atom. The van der Waals surface area contributed by atoms with Crippen molar-refractivity contribution in [2.45, 2.75) is 6.92 Å². The molecule has 3 heterocycles. The monoisotopic (exact) mass is 553 g/mol. The number of aromatic amines is 1. The smallest absolute Gasteiger partial charge is 0.261 e. The van der Waals surface area contributed by atoms with Crippen LogP contribution in [-0.4, -0.2) is 25.4 Å². The summed E-state index contributed by atoms with van der Waals surface area (Å²) < 4.78 is 22.8. The molecule has 0 atom stereocenters. The van der Waals surface area contributed by atoms with Crippen LogP contribution < -0.4 is 15.5 Å². The number of nitrogens with zero attached hydrogens (tertiary/aromatic N) is 3. The fourth-order valence-electron chi connectivity index (χ4n) is 4.74. The fourth-order valence-corrected chi connectivity index (χ4v) is 4.99. The minimum absolute atomic E-state index is 0.0758. The van der Waals surface area contributed by atoms with Crippen molar-refractivity contribution in [2.24, 2.45) is 7.05 Å². The van der Waals surface area contributed by atoms with E-state index in [-0.39, 0.29) is 33.3 Å². The molecule has 3 aromatic carbocycles. The van der Waals surface area contributed by atoms with Crippen LogP contribution in [0.15, 0.2) is 84.0 Å². The van der Waals surface area contributed by atoms with Crippen LogP contribution in [0, 0.1) is 12.7 Å². The van der Waals surface area contributed by atoms with Crippen LogP contribution in [0.5, 0.6) is 11.6 Å². The molecule has 2 N–H and O–H groups in total. The molecule has 0 saturated carbocycles. The van der Waals surface area contributed by atoms with E-state index in [1.165, 1.54) is 18.5 Å². The molecule has 6 aromatic rings. The van der Waals surface area contributed by atoms with E-state index in [1.54, 1.807) is 42.9 Å². The zero-order chi connectivity index (χ0) is 28.0. The maximum absolute atomic E-state index is 15.2. The first kappa shape index (κ1) is 25.3. The molecule has 3 aromatic heterocycles. The summed E-state index contributed by atoms with van der Waals surface area (Å²) in [7, 11) is 1.74. The predicted molar refractivity (Wildman–Crippen MR) is 153 cm³/mol. The number of pyridine rings is 1. The van der Waals surface area contributed by atoms with Gasteiger partial charge in [-0.1, -0.05) is 48.0 Å². The molecule has 40 heavy (non-hydrogen) atoms. The number of rotatable bonds is 5. The van der Waals surface area contributed by atoms with Crippen LogP contribution in [0.4, 0.5) is 10.1 Å². The lowest BCUT2D eigenvalue weighted by Crippen LogP contribution is -2.26. The number of hydrogen-bond donors (Lipinski definition) is 2. The fraction of sp³-hybridized carbons (Fsp3) is 0.0667. The number of fused-ring (bicyclic) bond motifs is 2. The van der Waals surface area contributed by atoms with Gasteiger partial charge >= 0.3 is 0 Å². The summed E-state index contributed by atoms with van der Waals surface area (Å²) in [6, 6.07) is 18.7. The molecule has 0 aliphatic rings. The molecule has 0 aliphatic heterocycles. The number of anilines is 1. The number of aryl methyl sites for hydroxylation is 1. The summed E-state index contributed by atoms with van der Waals surface area (Å²) in [5.74, 6) is -1.33. The second-order valence-corrected chi connectivity index (χ2v) is 9.56. The number of carbonyl (C=O) groups is 1. The van der Waals surface area contributed by atoms with Gasteiger partial charge in [-0.25, -0.2) is 14.4 Å². The van der Waals surface area contributed by atoms with Crippen molar-refractivity contribution in [3.05, 3.63) is 112 Å². The molecule has 0 fully saturated rings. The zero-order valence-corrected chi connectivity index (χ0v) is 22.1. The number of hydrogen-bond acceptors (Lipinski definition) is 5. The highest BCUT2D eigenvalue weighted by Crippen LogP contribution is 2.36. The van der Waals surface area contributed by atoms with Crippen molar-refractivity contribution in [3.8, 4) is 22.8 Å². The molecule has 0 unspecified atom stereocenters. The Bertz CT molecular complexity index is 2000. The molecule has 0 spiro atoms. The van der Waals surface area contributed by atoms with Crippen LogP contribution >= 0.6 is 11.6 Å². The molecular formula is C30H21ClFN5O3. The summed E-state index contributed by atoms with van der Waals surface area (Å²) in [6.07, 6.45) is 3.12. The van der Waals surface area contributed by atoms with Crippen LogP contribution in [-0.2, 0) is 7.05 Å². The normalized spacial score (nSPS) is 11.2. The predicted octanol–water partition coefficient (Wildman–Crippen LogP) is 6.62. The third-order valence-electron chi connectivity index (χ3n) is 6.82. The van der Waals surface area contributed by atoms with Gasteiger partial charge in [0, 0.05) is 36.3 Å². The highest BCUT2D eigenvalue weighted by molar-refractivity contribution is 6.35. The van der Waals surface area contributed by atoms with Crippen LogP contribution in [0.25, 0.3) is 33.1 Å². The van der Waals surface area contributed by atoms with E-state index in [0.717, 1.165) is 17.2 Å². The number of aromatic nitrogens is 4. The Morgan fingerprint density at radius 3 is 2.62 bits per heavy atom. The second kappa shape index (κ2) is 9.94. The van der Waals surface area contributed by atoms with Crippen molar-refractivity contribution in [1.82, 2.24) is 19.5 Å². The van der Waals surface area contributed by atoms with Gasteiger partial charge in [0.15, 0.2) is 11.6 Å². The van der Waals surface area contributed by atoms with Gasteiger partial charge < -0.3 is 19.6 Å². The van der Waals surface area contributed by atoms with Gasteiger partial charge in [-0.05, 0) is 36.8 Å². The SMILES string of the molecule is Cc1c(C(=O)Nc2ccc(Oc3ncnc4[nH]cc(-c5ccccc5)c34)c(F)c2)c(=O)c2c(Cl)cccc2n1C. The number of halogens is 2. The number of H-pyrrole nitrogens is 1. The lowest BCUT2D eigenvalue weighted by molar-refractivity contribution is 0.102. The number of ether oxygens (including phenoxy) is 1. The maximum atomic E-state index is 15.2. The van der Waals surface area contributed by atoms with E-state index in [4.69, 9.17) is 16.3 Å². The third-order valence-corrected chi connectivity index (χ3v) is 7.13. The standard InChI is InChI=1S/C30H21ClFN5O3/c1-16-24(27(38)26-20(31)9-6-10-22(26)37(16)2)29(39)36-18-11-12-23(21(32)13-18)40-30-25-19(17-7-4-3-5-8-17)14-33-28(25)34-15-35-30/h3-15H,1-2H3,(H,36,39)(H,33,34,35). The Balaban J connectivity index is 1.31. The van der Waals surface area contributed by atoms with E-state index in [0.29, 0.717) is 22.2 Å². The summed E-state index contributed by atoms with van der Waals surface area (Å²) in [5.41, 5.74) is 2.90. The molecule has 198 valence electrons. The molecule has 0 bridgehead atoms. The van der Waals surface area contributed by atoms with Gasteiger partial charge in [0.25, 0.3) is 5.91 Å². The number of nitrogens with one attached hydrogen (secondary N) is 2. The number of carbonyl (C=O) groups excluding carboxylic acids is 1. The highest BCUT2D eigenvalue weighted by atomic mass is 35.5. The van der Waals surface area contributed by atoms with Gasteiger partial charge in [-0.2, -0.15) is 0 Å². The quantitative estimate of drug-likeness (QED) is 0.250. The van der Waals surface area contributed by atoms with Crippen molar-refractivity contribution >= 4 is 45.1 Å². The van der Waals surface area contributed by atoms with E-state index < -0.39 is 17.2 Å². The third kappa shape index (κ3) is 4.26. The van der Waals surface area contributed by atoms with Gasteiger partial charge in [0.05, 0.1) is 21.3 Å². The minimum Gasteiger partial charge on any atom is -0.435 e. The Kier molecular flexibility index (Phi) is 6.28. The van der Waals surface area contributed by atoms with E-state index in [1.807, 2.05) is 30.3 Å². The second-order valence-electron chi connectivity index (χ2n) is 9.15. The molecule has 0 aliphatic carbocycles. The molecular weight excluding hydrogens is 533 g/mol. The van der Waals surface area contributed by atoms with Crippen molar-refractivity contribution in [2.75, 3.05) is 5.32 Å². The lowest BCUT2D eigenvalue weighted by Gasteiger charge is -2.15. The van der Waals surface area contributed by atoms with Crippen LogP contribution in [0.2, 0.25) is 5.02 Å². The first-order chi connectivity index (χ1) is 19.3. The Morgan fingerprint density at radius 2 is 1.85 bits per heavy atom. The molecule has 0 saturated heterocycles. The highest BCUT2D eigenvalue weighted by Gasteiger charge is 2.21. The molecule has 8 nitrogen and oxygen atoms in total. The van der Waals surface area contributed by atoms with E-state index in [2.05, 4.69) is 20.3 Å². The summed E-state index contributed by atoms with van der Waals surface area (Å²) >= 11 is 6.28. The topological polar surface area (TPSA) is 102 Å². The van der Waals surface area contributed by atoms with Gasteiger partial charge in [0.2, 0.25) is 11.3 Å². The van der Waals surface area contributed by atoms with E-state index >= 15 is 4.39 Å². The maximum Gasteiger partial charge on any atom is 0.261 e. The first-order valence-electron chi connectivity index (χ1n) is 12.3. The largest absolute Gasteiger partial charge is 0.435 e. The Labute approximate surface area is 232 Å². The van der Waals surface area contributed by atoms with E-state index in [9.17, 15) is 9.59 Å². The van der Waals surface area contributed by atoms with Gasteiger partial charge in [-0.3, -0.25) is 9.59 Å². The average molecular weight is 554 g/mol. The Hall–Kier alpha value is -5.02. The zero-order valence-electron chi connectivity index (χ0n) is 21.3. The van der Waals surface area contributed by atoms with Crippen molar-refractivity contribution in [1.29, 1.82) is 0 Å². The van der Waals surface area contributed by atoms with Crippen LogP contribution in [0.1, 0.15) is 16.1 Å². The first-order valence-corrected chi connectivity index (χ1v) is 12.7. The number of benzene rings is 3. The average Bonchev–Trinajstić information content (AvgIpc) is 3.39. The molecule has 10 heteroatoms. The summed E-state index contributed by atoms with van der Waals surface area (Å²) in [6.45, 7) is 1.67. The molecule has 6 rings (SSSR count). The summed E-state index contributed by atoms with van der Waals surface area (Å²) in [5, 5.41) is 3.71. The lowest BCUT2D eigenvalue weighted by atomic mass is 10.1. The summed E-state index contributed by atoms with van der Waals surface area (Å²) in [4.78, 5) is 38.0. The molecule has 1 amide bonds. The minimum atomic E-state index is -0.729. The van der Waals surface area contributed by atoms with Gasteiger partial charge in [-0.15, -0.1) is 0 Å². The van der Waals surface area contributed by atoms with Crippen molar-refractivity contribution in [3.63, 3.8) is 0 Å². The van der Waals surface area contributed by atoms with Crippen molar-refractivity contribution < 1.29 is 13.9 Å². The van der Waals surface area contributed by atoms with Crippen LogP contribution in [0.3, 0.4) is 0 Å². The number of amides is 1. The van der Waals surface area contributed by atoms with Gasteiger partial charge in [0.1, 0.15) is 17.5 Å². The molecule has 0 radical (unpaired) electrons.